The van der Waals surface area contributed by atoms with Crippen LogP contribution in [-0.2, 0) is 4.79 Å². The topological polar surface area (TPSA) is 78.4 Å². The van der Waals surface area contributed by atoms with Gasteiger partial charge in [0.15, 0.2) is 0 Å². The van der Waals surface area contributed by atoms with Crippen molar-refractivity contribution in [3.63, 3.8) is 0 Å². The van der Waals surface area contributed by atoms with Crippen LogP contribution in [0.3, 0.4) is 0 Å². The molecule has 1 aromatic carbocycles. The predicted molar refractivity (Wildman–Crippen MR) is 70.9 cm³/mol. The van der Waals surface area contributed by atoms with E-state index >= 15 is 0 Å². The summed E-state index contributed by atoms with van der Waals surface area (Å²) < 4.78 is 0.557. The number of hydrogen-bond donors (Lipinski definition) is 3. The highest BCUT2D eigenvalue weighted by molar-refractivity contribution is 9.10. The number of hydrogen-bond acceptors (Lipinski definition) is 2. The molecule has 1 fully saturated rings. The maximum Gasteiger partial charge on any atom is 0.329 e. The number of carboxylic acid groups (broad SMARTS) is 1. The molecule has 1 aliphatic rings. The molecule has 18 heavy (non-hydrogen) atoms. The maximum absolute atomic E-state index is 11.7. The minimum absolute atomic E-state index is 0.451. The average molecular weight is 334 g/mol. The largest absolute Gasteiger partial charge is 0.480 e. The fraction of sp³-hybridized carbons (Fsp3) is 0.273. The molecule has 1 aromatic rings. The molecule has 0 saturated heterocycles. The minimum atomic E-state index is -1.10. The lowest BCUT2D eigenvalue weighted by Gasteiger charge is -2.14. The Morgan fingerprint density at radius 3 is 2.61 bits per heavy atom. The van der Waals surface area contributed by atoms with E-state index in [2.05, 4.69) is 26.6 Å². The van der Waals surface area contributed by atoms with Crippen molar-refractivity contribution >= 4 is 45.2 Å². The second kappa shape index (κ2) is 4.78. The van der Waals surface area contributed by atoms with E-state index in [9.17, 15) is 9.59 Å². The highest BCUT2D eigenvalue weighted by Crippen LogP contribution is 2.36. The number of amides is 2. The maximum atomic E-state index is 11.7. The van der Waals surface area contributed by atoms with Crippen molar-refractivity contribution in [3.8, 4) is 0 Å². The molecule has 1 saturated carbocycles. The molecule has 0 radical (unpaired) electrons. The summed E-state index contributed by atoms with van der Waals surface area (Å²) in [5, 5.41) is 14.4. The van der Waals surface area contributed by atoms with Crippen LogP contribution >= 0.6 is 27.5 Å². The zero-order valence-electron chi connectivity index (χ0n) is 9.17. The van der Waals surface area contributed by atoms with Crippen molar-refractivity contribution in [1.82, 2.24) is 5.32 Å². The highest BCUT2D eigenvalue weighted by atomic mass is 79.9. The van der Waals surface area contributed by atoms with E-state index in [1.807, 2.05) is 0 Å². The van der Waals surface area contributed by atoms with Crippen LogP contribution in [-0.4, -0.2) is 22.6 Å². The number of aliphatic carboxylic acids is 1. The zero-order chi connectivity index (χ0) is 13.3. The number of benzene rings is 1. The second-order valence-corrected chi connectivity index (χ2v) is 5.27. The average Bonchev–Trinajstić information content (AvgIpc) is 3.06. The van der Waals surface area contributed by atoms with Crippen LogP contribution in [0.2, 0.25) is 5.02 Å². The summed E-state index contributed by atoms with van der Waals surface area (Å²) in [5.74, 6) is -1.01. The molecule has 7 heteroatoms. The fourth-order valence-electron chi connectivity index (χ4n) is 1.49. The third-order valence-electron chi connectivity index (χ3n) is 2.71. The van der Waals surface area contributed by atoms with Gasteiger partial charge in [-0.1, -0.05) is 17.7 Å². The van der Waals surface area contributed by atoms with Gasteiger partial charge in [0.25, 0.3) is 0 Å². The molecule has 0 aromatic heterocycles. The lowest BCUT2D eigenvalue weighted by atomic mass is 10.3. The second-order valence-electron chi connectivity index (χ2n) is 4.07. The highest BCUT2D eigenvalue weighted by Gasteiger charge is 2.51. The molecule has 0 bridgehead atoms. The number of carboxylic acids is 1. The molecule has 0 aliphatic heterocycles. The van der Waals surface area contributed by atoms with Crippen LogP contribution in [0.15, 0.2) is 22.7 Å². The van der Waals surface area contributed by atoms with Gasteiger partial charge in [0.2, 0.25) is 0 Å². The van der Waals surface area contributed by atoms with Gasteiger partial charge < -0.3 is 15.7 Å². The molecule has 0 spiro atoms. The van der Waals surface area contributed by atoms with Gasteiger partial charge in [-0.3, -0.25) is 0 Å². The van der Waals surface area contributed by atoms with Gasteiger partial charge in [0.05, 0.1) is 15.2 Å². The Hall–Kier alpha value is -1.27. The van der Waals surface area contributed by atoms with E-state index in [4.69, 9.17) is 16.7 Å². The first-order chi connectivity index (χ1) is 8.44. The number of carbonyl (C=O) groups excluding carboxylic acids is 1. The van der Waals surface area contributed by atoms with E-state index in [1.165, 1.54) is 0 Å². The molecule has 0 atom stereocenters. The third-order valence-corrected chi connectivity index (χ3v) is 4.11. The third kappa shape index (κ3) is 2.59. The van der Waals surface area contributed by atoms with Crippen molar-refractivity contribution in [2.24, 2.45) is 0 Å². The molecule has 96 valence electrons. The Balaban J connectivity index is 2.04. The predicted octanol–water partition coefficient (Wildman–Crippen LogP) is 2.84. The Morgan fingerprint density at radius 1 is 1.39 bits per heavy atom. The van der Waals surface area contributed by atoms with Crippen LogP contribution < -0.4 is 10.6 Å². The quantitative estimate of drug-likeness (QED) is 0.796. The summed E-state index contributed by atoms with van der Waals surface area (Å²) in [7, 11) is 0. The lowest BCUT2D eigenvalue weighted by molar-refractivity contribution is -0.140. The smallest absolute Gasteiger partial charge is 0.329 e. The number of rotatable bonds is 3. The van der Waals surface area contributed by atoms with Crippen molar-refractivity contribution in [2.75, 3.05) is 5.32 Å². The summed E-state index contributed by atoms with van der Waals surface area (Å²) in [5.41, 5.74) is -0.615. The fourth-order valence-corrected chi connectivity index (χ4v) is 2.03. The van der Waals surface area contributed by atoms with Crippen LogP contribution in [0.25, 0.3) is 0 Å². The molecule has 2 amide bonds. The summed E-state index contributed by atoms with van der Waals surface area (Å²) in [6.45, 7) is 0. The Kier molecular flexibility index (Phi) is 3.49. The Labute approximate surface area is 117 Å². The van der Waals surface area contributed by atoms with Crippen molar-refractivity contribution in [3.05, 3.63) is 27.7 Å². The van der Waals surface area contributed by atoms with Gasteiger partial charge >= 0.3 is 12.0 Å². The zero-order valence-corrected chi connectivity index (χ0v) is 11.5. The van der Waals surface area contributed by atoms with Crippen LogP contribution in [0.5, 0.6) is 0 Å². The van der Waals surface area contributed by atoms with E-state index in [-0.39, 0.29) is 0 Å². The number of anilines is 1. The van der Waals surface area contributed by atoms with Crippen LogP contribution in [0.1, 0.15) is 12.8 Å². The molecule has 1 aliphatic carbocycles. The van der Waals surface area contributed by atoms with E-state index in [0.29, 0.717) is 28.0 Å². The SMILES string of the molecule is O=C(Nc1cccc(Cl)c1Br)NC1(C(=O)O)CC1. The molecular formula is C11H10BrClN2O3. The first-order valence-electron chi connectivity index (χ1n) is 5.21. The molecule has 2 rings (SSSR count). The minimum Gasteiger partial charge on any atom is -0.480 e. The summed E-state index contributed by atoms with van der Waals surface area (Å²) in [6, 6.07) is 4.47. The van der Waals surface area contributed by atoms with Crippen molar-refractivity contribution in [2.45, 2.75) is 18.4 Å². The van der Waals surface area contributed by atoms with Gasteiger partial charge in [-0.25, -0.2) is 9.59 Å². The monoisotopic (exact) mass is 332 g/mol. The normalized spacial score (nSPS) is 15.9. The van der Waals surface area contributed by atoms with E-state index < -0.39 is 17.5 Å². The van der Waals surface area contributed by atoms with Crippen LogP contribution in [0, 0.1) is 0 Å². The van der Waals surface area contributed by atoms with Crippen molar-refractivity contribution in [1.29, 1.82) is 0 Å². The summed E-state index contributed by atoms with van der Waals surface area (Å²) in [6.07, 6.45) is 0.902. The Bertz CT molecular complexity index is 517. The number of halogens is 2. The molecule has 5 nitrogen and oxygen atoms in total. The van der Waals surface area contributed by atoms with Crippen molar-refractivity contribution < 1.29 is 14.7 Å². The Morgan fingerprint density at radius 2 is 2.06 bits per heavy atom. The van der Waals surface area contributed by atoms with Gasteiger partial charge in [-0.05, 0) is 40.9 Å². The van der Waals surface area contributed by atoms with Gasteiger partial charge in [0, 0.05) is 0 Å². The van der Waals surface area contributed by atoms with E-state index in [0.717, 1.165) is 0 Å². The van der Waals surface area contributed by atoms with E-state index in [1.54, 1.807) is 18.2 Å². The van der Waals surface area contributed by atoms with Gasteiger partial charge in [-0.2, -0.15) is 0 Å². The number of carbonyl (C=O) groups is 2. The van der Waals surface area contributed by atoms with Gasteiger partial charge in [-0.15, -0.1) is 0 Å². The lowest BCUT2D eigenvalue weighted by Crippen LogP contribution is -2.45. The standard InChI is InChI=1S/C11H10BrClN2O3/c12-8-6(13)2-1-3-7(8)14-10(18)15-11(4-5-11)9(16)17/h1-3H,4-5H2,(H,16,17)(H2,14,15,18). The number of nitrogens with one attached hydrogen (secondary N) is 2. The molecule has 3 N–H and O–H groups in total. The van der Waals surface area contributed by atoms with Crippen LogP contribution in [0.4, 0.5) is 10.5 Å². The summed E-state index contributed by atoms with van der Waals surface area (Å²) >= 11 is 9.12. The molecular weight excluding hydrogens is 323 g/mol. The first-order valence-corrected chi connectivity index (χ1v) is 6.38. The van der Waals surface area contributed by atoms with Gasteiger partial charge in [0.1, 0.15) is 5.54 Å². The molecule has 0 unspecified atom stereocenters. The number of urea groups is 1. The first kappa shape index (κ1) is 13.2. The summed E-state index contributed by atoms with van der Waals surface area (Å²) in [4.78, 5) is 22.6. The molecule has 0 heterocycles.